The minimum Gasteiger partial charge on any atom is -0.481 e. The van der Waals surface area contributed by atoms with Crippen LogP contribution in [0.2, 0.25) is 5.28 Å². The van der Waals surface area contributed by atoms with Gasteiger partial charge in [-0.1, -0.05) is 6.42 Å². The van der Waals surface area contributed by atoms with Gasteiger partial charge in [-0.05, 0) is 43.9 Å². The van der Waals surface area contributed by atoms with E-state index < -0.39 is 5.97 Å². The average Bonchev–Trinajstić information content (AvgIpc) is 2.68. The van der Waals surface area contributed by atoms with Gasteiger partial charge in [0, 0.05) is 17.8 Å². The molecule has 0 spiro atoms. The van der Waals surface area contributed by atoms with E-state index in [-0.39, 0.29) is 11.7 Å². The van der Waals surface area contributed by atoms with Gasteiger partial charge < -0.3 is 10.4 Å². The summed E-state index contributed by atoms with van der Waals surface area (Å²) in [5, 5.41) is 13.2. The first-order valence-electron chi connectivity index (χ1n) is 6.88. The Hall–Kier alpha value is -1.40. The van der Waals surface area contributed by atoms with Gasteiger partial charge in [0.1, 0.15) is 10.6 Å². The molecule has 0 aromatic carbocycles. The van der Waals surface area contributed by atoms with Crippen molar-refractivity contribution in [2.45, 2.75) is 39.5 Å². The number of aryl methyl sites for hydroxylation is 2. The molecule has 0 atom stereocenters. The van der Waals surface area contributed by atoms with E-state index in [1.807, 2.05) is 0 Å². The summed E-state index contributed by atoms with van der Waals surface area (Å²) in [6.07, 6.45) is 2.71. The number of aliphatic carboxylic acids is 1. The molecule has 0 aliphatic carbocycles. The van der Waals surface area contributed by atoms with Gasteiger partial charge >= 0.3 is 5.97 Å². The number of aromatic nitrogens is 2. The second-order valence-corrected chi connectivity index (χ2v) is 6.48. The van der Waals surface area contributed by atoms with E-state index in [4.69, 9.17) is 16.7 Å². The van der Waals surface area contributed by atoms with E-state index in [1.54, 1.807) is 11.3 Å². The molecule has 0 radical (unpaired) electrons. The summed E-state index contributed by atoms with van der Waals surface area (Å²) in [6.45, 7) is 4.87. The van der Waals surface area contributed by atoms with Crippen LogP contribution >= 0.6 is 22.9 Å². The van der Waals surface area contributed by atoms with Crippen molar-refractivity contribution in [2.24, 2.45) is 0 Å². The molecular weight excluding hydrogens is 310 g/mol. The standard InChI is InChI=1S/C14H18ClN3O2S/c1-8-9(2)21-13-11(8)12(17-14(15)18-13)16-7-5-3-4-6-10(19)20/h3-7H2,1-2H3,(H,19,20)(H,16,17,18). The van der Waals surface area contributed by atoms with Gasteiger partial charge in [0.05, 0.1) is 5.39 Å². The predicted molar refractivity (Wildman–Crippen MR) is 86.5 cm³/mol. The Labute approximate surface area is 132 Å². The molecule has 5 nitrogen and oxygen atoms in total. The number of rotatable bonds is 7. The number of thiophene rings is 1. The molecule has 2 aromatic heterocycles. The molecule has 2 rings (SSSR count). The third-order valence-electron chi connectivity index (χ3n) is 3.36. The molecule has 2 aromatic rings. The average molecular weight is 328 g/mol. The maximum absolute atomic E-state index is 10.4. The smallest absolute Gasteiger partial charge is 0.303 e. The van der Waals surface area contributed by atoms with Crippen LogP contribution in [0.4, 0.5) is 5.82 Å². The Balaban J connectivity index is 2.00. The lowest BCUT2D eigenvalue weighted by Crippen LogP contribution is -2.05. The van der Waals surface area contributed by atoms with Crippen molar-refractivity contribution < 1.29 is 9.90 Å². The maximum atomic E-state index is 10.4. The first kappa shape index (κ1) is 16.0. The topological polar surface area (TPSA) is 75.1 Å². The summed E-state index contributed by atoms with van der Waals surface area (Å²) in [6, 6.07) is 0. The Morgan fingerprint density at radius 1 is 1.29 bits per heavy atom. The molecule has 2 N–H and O–H groups in total. The van der Waals surface area contributed by atoms with Crippen LogP contribution in [0.25, 0.3) is 10.2 Å². The van der Waals surface area contributed by atoms with Crippen LogP contribution in [0.15, 0.2) is 0 Å². The number of anilines is 1. The summed E-state index contributed by atoms with van der Waals surface area (Å²) in [5.74, 6) is 0.0294. The number of nitrogens with one attached hydrogen (secondary N) is 1. The van der Waals surface area contributed by atoms with E-state index in [0.717, 1.165) is 35.4 Å². The van der Waals surface area contributed by atoms with Crippen molar-refractivity contribution >= 4 is 44.9 Å². The number of nitrogens with zero attached hydrogens (tertiary/aromatic N) is 2. The molecule has 0 unspecified atom stereocenters. The quantitative estimate of drug-likeness (QED) is 0.593. The van der Waals surface area contributed by atoms with Crippen LogP contribution in [-0.4, -0.2) is 27.6 Å². The lowest BCUT2D eigenvalue weighted by atomic mass is 10.2. The molecule has 0 aliphatic rings. The van der Waals surface area contributed by atoms with Crippen LogP contribution in [-0.2, 0) is 4.79 Å². The number of unbranched alkanes of at least 4 members (excludes halogenated alkanes) is 2. The van der Waals surface area contributed by atoms with Crippen LogP contribution < -0.4 is 5.32 Å². The highest BCUT2D eigenvalue weighted by Gasteiger charge is 2.13. The highest BCUT2D eigenvalue weighted by molar-refractivity contribution is 7.18. The van der Waals surface area contributed by atoms with Crippen LogP contribution in [0, 0.1) is 13.8 Å². The fraction of sp³-hybridized carbons (Fsp3) is 0.500. The minimum absolute atomic E-state index is 0.229. The number of carboxylic acids is 1. The molecular formula is C14H18ClN3O2S. The number of carbonyl (C=O) groups is 1. The van der Waals surface area contributed by atoms with Crippen molar-refractivity contribution in [3.05, 3.63) is 15.7 Å². The first-order chi connectivity index (χ1) is 9.99. The zero-order valence-electron chi connectivity index (χ0n) is 12.1. The predicted octanol–water partition coefficient (Wildman–Crippen LogP) is 4.02. The summed E-state index contributed by atoms with van der Waals surface area (Å²) in [4.78, 5) is 21.1. The van der Waals surface area contributed by atoms with E-state index in [0.29, 0.717) is 6.42 Å². The molecule has 2 heterocycles. The summed E-state index contributed by atoms with van der Waals surface area (Å²) in [7, 11) is 0. The second-order valence-electron chi connectivity index (χ2n) is 4.94. The SMILES string of the molecule is Cc1sc2nc(Cl)nc(NCCCCCC(=O)O)c2c1C. The molecule has 0 amide bonds. The Morgan fingerprint density at radius 2 is 2.05 bits per heavy atom. The summed E-state index contributed by atoms with van der Waals surface area (Å²) >= 11 is 7.58. The van der Waals surface area contributed by atoms with Crippen molar-refractivity contribution in [2.75, 3.05) is 11.9 Å². The lowest BCUT2D eigenvalue weighted by molar-refractivity contribution is -0.137. The van der Waals surface area contributed by atoms with E-state index >= 15 is 0 Å². The van der Waals surface area contributed by atoms with Crippen molar-refractivity contribution in [1.82, 2.24) is 9.97 Å². The molecule has 0 bridgehead atoms. The highest BCUT2D eigenvalue weighted by atomic mass is 35.5. The van der Waals surface area contributed by atoms with Crippen LogP contribution in [0.1, 0.15) is 36.1 Å². The third-order valence-corrected chi connectivity index (χ3v) is 4.63. The maximum Gasteiger partial charge on any atom is 0.303 e. The zero-order valence-corrected chi connectivity index (χ0v) is 13.6. The Kier molecular flexibility index (Phi) is 5.36. The van der Waals surface area contributed by atoms with Crippen molar-refractivity contribution in [3.63, 3.8) is 0 Å². The zero-order chi connectivity index (χ0) is 15.4. The van der Waals surface area contributed by atoms with Crippen LogP contribution in [0.3, 0.4) is 0 Å². The van der Waals surface area contributed by atoms with E-state index in [1.165, 1.54) is 10.4 Å². The monoisotopic (exact) mass is 327 g/mol. The number of hydrogen-bond acceptors (Lipinski definition) is 5. The van der Waals surface area contributed by atoms with Gasteiger partial charge in [0.25, 0.3) is 0 Å². The Bertz CT molecular complexity index is 657. The lowest BCUT2D eigenvalue weighted by Gasteiger charge is -2.07. The van der Waals surface area contributed by atoms with Gasteiger partial charge in [-0.25, -0.2) is 9.97 Å². The Morgan fingerprint density at radius 3 is 2.76 bits per heavy atom. The molecule has 0 saturated heterocycles. The summed E-state index contributed by atoms with van der Waals surface area (Å²) < 4.78 is 0. The normalized spacial score (nSPS) is 11.0. The molecule has 0 saturated carbocycles. The molecule has 0 fully saturated rings. The fourth-order valence-electron chi connectivity index (χ4n) is 2.14. The van der Waals surface area contributed by atoms with E-state index in [2.05, 4.69) is 29.1 Å². The van der Waals surface area contributed by atoms with Gasteiger partial charge in [-0.2, -0.15) is 0 Å². The van der Waals surface area contributed by atoms with Gasteiger partial charge in [0.15, 0.2) is 0 Å². The van der Waals surface area contributed by atoms with Crippen molar-refractivity contribution in [3.8, 4) is 0 Å². The fourth-order valence-corrected chi connectivity index (χ4v) is 3.38. The number of fused-ring (bicyclic) bond motifs is 1. The molecule has 7 heteroatoms. The number of halogens is 1. The highest BCUT2D eigenvalue weighted by Crippen LogP contribution is 2.33. The van der Waals surface area contributed by atoms with Gasteiger partial charge in [-0.15, -0.1) is 11.3 Å². The van der Waals surface area contributed by atoms with Gasteiger partial charge in [0.2, 0.25) is 5.28 Å². The molecule has 114 valence electrons. The second kappa shape index (κ2) is 7.04. The van der Waals surface area contributed by atoms with Crippen molar-refractivity contribution in [1.29, 1.82) is 0 Å². The molecule has 0 aliphatic heterocycles. The van der Waals surface area contributed by atoms with Gasteiger partial charge in [-0.3, -0.25) is 4.79 Å². The number of hydrogen-bond donors (Lipinski definition) is 2. The largest absolute Gasteiger partial charge is 0.481 e. The third kappa shape index (κ3) is 4.04. The molecule has 21 heavy (non-hydrogen) atoms. The number of carboxylic acid groups (broad SMARTS) is 1. The first-order valence-corrected chi connectivity index (χ1v) is 8.07. The minimum atomic E-state index is -0.739. The van der Waals surface area contributed by atoms with E-state index in [9.17, 15) is 4.79 Å². The summed E-state index contributed by atoms with van der Waals surface area (Å²) in [5.41, 5.74) is 1.18. The van der Waals surface area contributed by atoms with Crippen LogP contribution in [0.5, 0.6) is 0 Å².